The molecule has 8 heteroatoms. The highest BCUT2D eigenvalue weighted by Gasteiger charge is 2.39. The molecule has 0 aliphatic carbocycles. The quantitative estimate of drug-likeness (QED) is 0.686. The van der Waals surface area contributed by atoms with Crippen LogP contribution in [0.3, 0.4) is 0 Å². The summed E-state index contributed by atoms with van der Waals surface area (Å²) in [5.74, 6) is -0.244. The number of hydrogen-bond donors (Lipinski definition) is 1. The number of sulfonamides is 1. The Hall–Kier alpha value is -1.93. The number of carbonyl (C=O) groups is 1. The van der Waals surface area contributed by atoms with Crippen LogP contribution in [0.15, 0.2) is 53.4 Å². The summed E-state index contributed by atoms with van der Waals surface area (Å²) in [6.45, 7) is 3.84. The highest BCUT2D eigenvalue weighted by atomic mass is 35.5. The van der Waals surface area contributed by atoms with Crippen LogP contribution < -0.4 is 5.32 Å². The van der Waals surface area contributed by atoms with Gasteiger partial charge in [0.15, 0.2) is 0 Å². The monoisotopic (exact) mass is 461 g/mol. The molecule has 0 radical (unpaired) electrons. The van der Waals surface area contributed by atoms with Crippen LogP contribution in [0.1, 0.15) is 36.8 Å². The molecular formula is C23H28ClN3O3S. The predicted molar refractivity (Wildman–Crippen MR) is 121 cm³/mol. The summed E-state index contributed by atoms with van der Waals surface area (Å²) >= 11 is 5.89. The molecule has 2 aromatic rings. The number of hydrogen-bond acceptors (Lipinski definition) is 4. The molecular weight excluding hydrogens is 434 g/mol. The molecule has 0 bridgehead atoms. The molecule has 0 saturated carbocycles. The van der Waals surface area contributed by atoms with Gasteiger partial charge in [0.1, 0.15) is 6.04 Å². The van der Waals surface area contributed by atoms with E-state index in [2.05, 4.69) is 16.3 Å². The first-order chi connectivity index (χ1) is 14.9. The van der Waals surface area contributed by atoms with E-state index < -0.39 is 16.1 Å². The van der Waals surface area contributed by atoms with Gasteiger partial charge in [0, 0.05) is 24.7 Å². The van der Waals surface area contributed by atoms with E-state index in [-0.39, 0.29) is 10.8 Å². The third kappa shape index (κ3) is 5.12. The molecule has 2 saturated heterocycles. The van der Waals surface area contributed by atoms with Gasteiger partial charge in [-0.05, 0) is 74.2 Å². The second-order valence-electron chi connectivity index (χ2n) is 8.20. The Morgan fingerprint density at radius 1 is 0.968 bits per heavy atom. The Balaban J connectivity index is 1.43. The van der Waals surface area contributed by atoms with E-state index in [1.54, 1.807) is 12.1 Å². The molecule has 6 nitrogen and oxygen atoms in total. The zero-order valence-corrected chi connectivity index (χ0v) is 19.0. The van der Waals surface area contributed by atoms with Crippen molar-refractivity contribution in [3.8, 4) is 0 Å². The smallest absolute Gasteiger partial charge is 0.243 e. The molecule has 31 heavy (non-hydrogen) atoms. The van der Waals surface area contributed by atoms with Gasteiger partial charge in [-0.3, -0.25) is 9.69 Å². The molecule has 166 valence electrons. The minimum absolute atomic E-state index is 0.160. The summed E-state index contributed by atoms with van der Waals surface area (Å²) in [7, 11) is -3.75. The molecule has 2 fully saturated rings. The van der Waals surface area contributed by atoms with Crippen LogP contribution in [0.5, 0.6) is 0 Å². The largest absolute Gasteiger partial charge is 0.351 e. The fourth-order valence-electron chi connectivity index (χ4n) is 4.40. The molecule has 2 aliphatic heterocycles. The van der Waals surface area contributed by atoms with E-state index in [1.165, 1.54) is 34.8 Å². The van der Waals surface area contributed by atoms with Crippen molar-refractivity contribution in [3.63, 3.8) is 0 Å². The van der Waals surface area contributed by atoms with Gasteiger partial charge < -0.3 is 5.32 Å². The first kappa shape index (κ1) is 22.3. The lowest BCUT2D eigenvalue weighted by atomic mass is 10.1. The molecule has 1 N–H and O–H groups in total. The predicted octanol–water partition coefficient (Wildman–Crippen LogP) is 3.41. The van der Waals surface area contributed by atoms with Gasteiger partial charge in [-0.15, -0.1) is 0 Å². The molecule has 1 unspecified atom stereocenters. The van der Waals surface area contributed by atoms with Crippen molar-refractivity contribution in [3.05, 3.63) is 64.7 Å². The summed E-state index contributed by atoms with van der Waals surface area (Å²) in [6.07, 6.45) is 3.65. The van der Waals surface area contributed by atoms with Crippen LogP contribution in [-0.4, -0.2) is 49.2 Å². The second kappa shape index (κ2) is 9.69. The maximum absolute atomic E-state index is 13.1. The van der Waals surface area contributed by atoms with Crippen LogP contribution in [0, 0.1) is 0 Å². The van der Waals surface area contributed by atoms with Crippen molar-refractivity contribution in [1.29, 1.82) is 0 Å². The number of benzene rings is 2. The normalized spacial score (nSPS) is 20.2. The third-order valence-corrected chi connectivity index (χ3v) is 8.27. The molecule has 4 rings (SSSR count). The third-order valence-electron chi connectivity index (χ3n) is 6.09. The topological polar surface area (TPSA) is 69.7 Å². The van der Waals surface area contributed by atoms with Crippen LogP contribution in [0.25, 0.3) is 0 Å². The molecule has 0 spiro atoms. The zero-order chi connectivity index (χ0) is 21.8. The van der Waals surface area contributed by atoms with Gasteiger partial charge in [-0.1, -0.05) is 35.9 Å². The van der Waals surface area contributed by atoms with E-state index in [9.17, 15) is 13.2 Å². The van der Waals surface area contributed by atoms with Gasteiger partial charge in [0.05, 0.1) is 4.90 Å². The Morgan fingerprint density at radius 3 is 2.35 bits per heavy atom. The second-order valence-corrected chi connectivity index (χ2v) is 10.5. The van der Waals surface area contributed by atoms with Crippen molar-refractivity contribution < 1.29 is 13.2 Å². The summed E-state index contributed by atoms with van der Waals surface area (Å²) in [5.41, 5.74) is 2.29. The number of nitrogens with one attached hydrogen (secondary N) is 1. The van der Waals surface area contributed by atoms with Crippen LogP contribution in [-0.2, 0) is 27.9 Å². The zero-order valence-electron chi connectivity index (χ0n) is 17.5. The Morgan fingerprint density at radius 2 is 1.65 bits per heavy atom. The average Bonchev–Trinajstić information content (AvgIpc) is 3.46. The molecule has 1 atom stereocenters. The average molecular weight is 462 g/mol. The minimum atomic E-state index is -3.75. The first-order valence-corrected chi connectivity index (χ1v) is 12.6. The molecule has 1 amide bonds. The standard InChI is InChI=1S/C23H28ClN3O3S/c24-20-9-11-21(12-10-20)31(29,30)27-15-5-8-22(27)23(28)25-16-18-6-1-2-7-19(18)17-26-13-3-4-14-26/h1-2,6-7,9-12,22H,3-5,8,13-17H2,(H,25,28). The maximum atomic E-state index is 13.1. The van der Waals surface area contributed by atoms with Crippen molar-refractivity contribution in [2.75, 3.05) is 19.6 Å². The molecule has 2 aromatic carbocycles. The van der Waals surface area contributed by atoms with Gasteiger partial charge in [-0.2, -0.15) is 4.31 Å². The van der Waals surface area contributed by atoms with Crippen molar-refractivity contribution in [2.45, 2.75) is 49.7 Å². The molecule has 2 aliphatic rings. The van der Waals surface area contributed by atoms with Gasteiger partial charge in [0.2, 0.25) is 15.9 Å². The van der Waals surface area contributed by atoms with Crippen LogP contribution in [0.4, 0.5) is 0 Å². The Bertz CT molecular complexity index is 1020. The highest BCUT2D eigenvalue weighted by molar-refractivity contribution is 7.89. The number of rotatable bonds is 7. The van der Waals surface area contributed by atoms with E-state index in [0.717, 1.165) is 25.2 Å². The SMILES string of the molecule is O=C(NCc1ccccc1CN1CCCC1)C1CCCN1S(=O)(=O)c1ccc(Cl)cc1. The summed E-state index contributed by atoms with van der Waals surface area (Å²) < 4.78 is 27.5. The lowest BCUT2D eigenvalue weighted by Crippen LogP contribution is -2.45. The maximum Gasteiger partial charge on any atom is 0.243 e. The van der Waals surface area contributed by atoms with E-state index in [1.807, 2.05) is 18.2 Å². The lowest BCUT2D eigenvalue weighted by Gasteiger charge is -2.24. The van der Waals surface area contributed by atoms with Gasteiger partial charge in [0.25, 0.3) is 0 Å². The first-order valence-electron chi connectivity index (χ1n) is 10.8. The van der Waals surface area contributed by atoms with E-state index >= 15 is 0 Å². The summed E-state index contributed by atoms with van der Waals surface area (Å²) in [4.78, 5) is 15.6. The van der Waals surface area contributed by atoms with Gasteiger partial charge >= 0.3 is 0 Å². The van der Waals surface area contributed by atoms with Crippen molar-refractivity contribution in [1.82, 2.24) is 14.5 Å². The highest BCUT2D eigenvalue weighted by Crippen LogP contribution is 2.27. The summed E-state index contributed by atoms with van der Waals surface area (Å²) in [6, 6.07) is 13.5. The van der Waals surface area contributed by atoms with Crippen molar-refractivity contribution in [2.24, 2.45) is 0 Å². The Labute approximate surface area is 189 Å². The number of nitrogens with zero attached hydrogens (tertiary/aromatic N) is 2. The lowest BCUT2D eigenvalue weighted by molar-refractivity contribution is -0.124. The number of carbonyl (C=O) groups excluding carboxylic acids is 1. The summed E-state index contributed by atoms with van der Waals surface area (Å²) in [5, 5.41) is 3.46. The van der Waals surface area contributed by atoms with Crippen molar-refractivity contribution >= 4 is 27.5 Å². The van der Waals surface area contributed by atoms with E-state index in [0.29, 0.717) is 31.0 Å². The minimum Gasteiger partial charge on any atom is -0.351 e. The molecule has 0 aromatic heterocycles. The van der Waals surface area contributed by atoms with Crippen LogP contribution >= 0.6 is 11.6 Å². The van der Waals surface area contributed by atoms with E-state index in [4.69, 9.17) is 11.6 Å². The number of halogens is 1. The Kier molecular flexibility index (Phi) is 6.96. The van der Waals surface area contributed by atoms with Crippen LogP contribution in [0.2, 0.25) is 5.02 Å². The number of amides is 1. The fourth-order valence-corrected chi connectivity index (χ4v) is 6.18. The fraction of sp³-hybridized carbons (Fsp3) is 0.435. The number of likely N-dealkylation sites (tertiary alicyclic amines) is 1. The molecule has 2 heterocycles. The van der Waals surface area contributed by atoms with Gasteiger partial charge in [-0.25, -0.2) is 8.42 Å².